The fraction of sp³-hybridized carbons (Fsp3) is 0.750. The van der Waals surface area contributed by atoms with Gasteiger partial charge in [-0.25, -0.2) is 0 Å². The third kappa shape index (κ3) is 8.15. The standard InChI is InChI=1S/C12H22N2O5/c1-8(4-3-5-9(2)13)12(19)14(6-10(15)16)7-11(17)18/h8-9H,3-7,13H2,1-2H3,(H,15,16)(H,17,18). The molecule has 2 atom stereocenters. The van der Waals surface area contributed by atoms with Gasteiger partial charge in [-0.05, 0) is 19.8 Å². The summed E-state index contributed by atoms with van der Waals surface area (Å²) in [6, 6.07) is 0.0523. The molecular weight excluding hydrogens is 252 g/mol. The molecule has 0 saturated carbocycles. The van der Waals surface area contributed by atoms with Gasteiger partial charge in [-0.15, -0.1) is 0 Å². The van der Waals surface area contributed by atoms with E-state index in [1.165, 1.54) is 0 Å². The molecule has 1 amide bonds. The first-order valence-electron chi connectivity index (χ1n) is 6.22. The summed E-state index contributed by atoms with van der Waals surface area (Å²) in [4.78, 5) is 34.0. The van der Waals surface area contributed by atoms with Crippen LogP contribution in [0.15, 0.2) is 0 Å². The summed E-state index contributed by atoms with van der Waals surface area (Å²) >= 11 is 0. The molecule has 0 radical (unpaired) electrons. The van der Waals surface area contributed by atoms with E-state index in [1.807, 2.05) is 6.92 Å². The predicted octanol–water partition coefficient (Wildman–Crippen LogP) is 0.138. The van der Waals surface area contributed by atoms with Crippen molar-refractivity contribution in [3.05, 3.63) is 0 Å². The highest BCUT2D eigenvalue weighted by Crippen LogP contribution is 2.12. The summed E-state index contributed by atoms with van der Waals surface area (Å²) in [5.41, 5.74) is 5.60. The predicted molar refractivity (Wildman–Crippen MR) is 68.5 cm³/mol. The fourth-order valence-corrected chi connectivity index (χ4v) is 1.72. The molecule has 0 rings (SSSR count). The van der Waals surface area contributed by atoms with E-state index < -0.39 is 36.9 Å². The van der Waals surface area contributed by atoms with E-state index in [-0.39, 0.29) is 6.04 Å². The number of hydrogen-bond donors (Lipinski definition) is 3. The Morgan fingerprint density at radius 1 is 1.05 bits per heavy atom. The molecule has 0 heterocycles. The van der Waals surface area contributed by atoms with Crippen LogP contribution in [0.1, 0.15) is 33.1 Å². The van der Waals surface area contributed by atoms with Crippen molar-refractivity contribution in [3.8, 4) is 0 Å². The molecule has 7 nitrogen and oxygen atoms in total. The summed E-state index contributed by atoms with van der Waals surface area (Å²) in [5, 5.41) is 17.3. The van der Waals surface area contributed by atoms with Gasteiger partial charge in [0.2, 0.25) is 5.91 Å². The van der Waals surface area contributed by atoms with Crippen molar-refractivity contribution >= 4 is 17.8 Å². The Labute approximate surface area is 112 Å². The molecule has 0 aliphatic carbocycles. The monoisotopic (exact) mass is 274 g/mol. The van der Waals surface area contributed by atoms with Gasteiger partial charge in [0.15, 0.2) is 0 Å². The summed E-state index contributed by atoms with van der Waals surface area (Å²) in [5.74, 6) is -3.30. The lowest BCUT2D eigenvalue weighted by molar-refractivity contribution is -0.151. The van der Waals surface area contributed by atoms with Crippen LogP contribution in [0.5, 0.6) is 0 Å². The number of carboxylic acids is 2. The molecule has 0 aliphatic rings. The first kappa shape index (κ1) is 17.4. The molecule has 4 N–H and O–H groups in total. The minimum Gasteiger partial charge on any atom is -0.480 e. The molecule has 0 aromatic carbocycles. The molecule has 0 fully saturated rings. The lowest BCUT2D eigenvalue weighted by atomic mass is 10.0. The highest BCUT2D eigenvalue weighted by Gasteiger charge is 2.24. The SMILES string of the molecule is CC(N)CCCC(C)C(=O)N(CC(=O)O)CC(=O)O. The van der Waals surface area contributed by atoms with Gasteiger partial charge in [-0.3, -0.25) is 14.4 Å². The average Bonchev–Trinajstić information content (AvgIpc) is 2.25. The van der Waals surface area contributed by atoms with Gasteiger partial charge >= 0.3 is 11.9 Å². The molecule has 0 spiro atoms. The van der Waals surface area contributed by atoms with Gasteiger partial charge in [-0.2, -0.15) is 0 Å². The van der Waals surface area contributed by atoms with E-state index in [0.29, 0.717) is 6.42 Å². The van der Waals surface area contributed by atoms with E-state index in [9.17, 15) is 14.4 Å². The number of carbonyl (C=O) groups is 3. The second kappa shape index (κ2) is 8.47. The Bertz CT molecular complexity index is 314. The molecule has 0 aliphatic heterocycles. The minimum atomic E-state index is -1.22. The minimum absolute atomic E-state index is 0.0523. The number of nitrogens with zero attached hydrogens (tertiary/aromatic N) is 1. The zero-order valence-corrected chi connectivity index (χ0v) is 11.3. The zero-order valence-electron chi connectivity index (χ0n) is 11.3. The highest BCUT2D eigenvalue weighted by atomic mass is 16.4. The van der Waals surface area contributed by atoms with Gasteiger partial charge in [0.1, 0.15) is 13.1 Å². The normalized spacial score (nSPS) is 13.6. The summed E-state index contributed by atoms with van der Waals surface area (Å²) < 4.78 is 0. The average molecular weight is 274 g/mol. The summed E-state index contributed by atoms with van der Waals surface area (Å²) in [7, 11) is 0. The largest absolute Gasteiger partial charge is 0.480 e. The van der Waals surface area contributed by atoms with Crippen LogP contribution >= 0.6 is 0 Å². The van der Waals surface area contributed by atoms with E-state index in [4.69, 9.17) is 15.9 Å². The molecule has 0 bridgehead atoms. The maximum absolute atomic E-state index is 12.0. The molecule has 0 aromatic heterocycles. The van der Waals surface area contributed by atoms with E-state index >= 15 is 0 Å². The van der Waals surface area contributed by atoms with Crippen molar-refractivity contribution in [2.24, 2.45) is 11.7 Å². The third-order valence-electron chi connectivity index (χ3n) is 2.68. The molecule has 0 saturated heterocycles. The molecule has 2 unspecified atom stereocenters. The highest BCUT2D eigenvalue weighted by molar-refractivity contribution is 5.86. The number of carboxylic acid groups (broad SMARTS) is 2. The topological polar surface area (TPSA) is 121 Å². The van der Waals surface area contributed by atoms with E-state index in [0.717, 1.165) is 17.7 Å². The molecule has 0 aromatic rings. The van der Waals surface area contributed by atoms with Crippen molar-refractivity contribution in [2.45, 2.75) is 39.2 Å². The van der Waals surface area contributed by atoms with Crippen molar-refractivity contribution < 1.29 is 24.6 Å². The van der Waals surface area contributed by atoms with Crippen LogP contribution in [0.3, 0.4) is 0 Å². The lowest BCUT2D eigenvalue weighted by Crippen LogP contribution is -2.42. The zero-order chi connectivity index (χ0) is 15.0. The van der Waals surface area contributed by atoms with Gasteiger partial charge in [-0.1, -0.05) is 13.3 Å². The van der Waals surface area contributed by atoms with Crippen molar-refractivity contribution in [1.29, 1.82) is 0 Å². The summed E-state index contributed by atoms with van der Waals surface area (Å²) in [6.07, 6.45) is 2.09. The van der Waals surface area contributed by atoms with Crippen LogP contribution in [-0.2, 0) is 14.4 Å². The Kier molecular flexibility index (Phi) is 7.74. The molecular formula is C12H22N2O5. The fourth-order valence-electron chi connectivity index (χ4n) is 1.72. The van der Waals surface area contributed by atoms with Crippen molar-refractivity contribution in [3.63, 3.8) is 0 Å². The summed E-state index contributed by atoms with van der Waals surface area (Å²) in [6.45, 7) is 2.35. The van der Waals surface area contributed by atoms with Crippen LogP contribution in [0, 0.1) is 5.92 Å². The Balaban J connectivity index is 4.42. The van der Waals surface area contributed by atoms with Crippen LogP contribution in [0.25, 0.3) is 0 Å². The van der Waals surface area contributed by atoms with Crippen molar-refractivity contribution in [2.75, 3.05) is 13.1 Å². The Hall–Kier alpha value is -1.63. The second-order valence-electron chi connectivity index (χ2n) is 4.79. The Morgan fingerprint density at radius 2 is 1.53 bits per heavy atom. The second-order valence-corrected chi connectivity index (χ2v) is 4.79. The molecule has 110 valence electrons. The van der Waals surface area contributed by atoms with Crippen LogP contribution in [0.2, 0.25) is 0 Å². The Morgan fingerprint density at radius 3 is 1.89 bits per heavy atom. The van der Waals surface area contributed by atoms with E-state index in [2.05, 4.69) is 0 Å². The maximum Gasteiger partial charge on any atom is 0.323 e. The first-order chi connectivity index (χ1) is 8.73. The quantitative estimate of drug-likeness (QED) is 0.550. The van der Waals surface area contributed by atoms with E-state index in [1.54, 1.807) is 6.92 Å². The van der Waals surface area contributed by atoms with Gasteiger partial charge in [0.25, 0.3) is 0 Å². The first-order valence-corrected chi connectivity index (χ1v) is 6.22. The number of nitrogens with two attached hydrogens (primary N) is 1. The van der Waals surface area contributed by atoms with Gasteiger partial charge in [0.05, 0.1) is 0 Å². The van der Waals surface area contributed by atoms with Crippen LogP contribution < -0.4 is 5.73 Å². The van der Waals surface area contributed by atoms with Crippen LogP contribution in [-0.4, -0.2) is 52.1 Å². The smallest absolute Gasteiger partial charge is 0.323 e. The number of amides is 1. The number of hydrogen-bond acceptors (Lipinski definition) is 4. The molecule has 19 heavy (non-hydrogen) atoms. The lowest BCUT2D eigenvalue weighted by Gasteiger charge is -2.22. The molecule has 7 heteroatoms. The van der Waals surface area contributed by atoms with Crippen molar-refractivity contribution in [1.82, 2.24) is 4.90 Å². The number of rotatable bonds is 9. The van der Waals surface area contributed by atoms with Gasteiger partial charge < -0.3 is 20.8 Å². The van der Waals surface area contributed by atoms with Crippen LogP contribution in [0.4, 0.5) is 0 Å². The number of aliphatic carboxylic acids is 2. The maximum atomic E-state index is 12.0. The third-order valence-corrected chi connectivity index (χ3v) is 2.68. The van der Waals surface area contributed by atoms with Gasteiger partial charge in [0, 0.05) is 12.0 Å². The number of carbonyl (C=O) groups excluding carboxylic acids is 1.